The normalized spacial score (nSPS) is 17.1. The Morgan fingerprint density at radius 1 is 1.56 bits per heavy atom. The molecule has 0 bridgehead atoms. The summed E-state index contributed by atoms with van der Waals surface area (Å²) < 4.78 is 1.83. The van der Waals surface area contributed by atoms with Gasteiger partial charge in [-0.2, -0.15) is 5.10 Å². The Kier molecular flexibility index (Phi) is 4.36. The molecule has 2 rings (SSSR count). The van der Waals surface area contributed by atoms with Gasteiger partial charge in [0, 0.05) is 18.5 Å². The van der Waals surface area contributed by atoms with Gasteiger partial charge in [0.2, 0.25) is 5.91 Å². The average molecular weight is 250 g/mol. The summed E-state index contributed by atoms with van der Waals surface area (Å²) >= 11 is 0. The zero-order chi connectivity index (χ0) is 13.0. The largest absolute Gasteiger partial charge is 0.317 e. The molecular formula is C13H22N4O. The van der Waals surface area contributed by atoms with Crippen molar-refractivity contribution in [3.05, 3.63) is 12.3 Å². The van der Waals surface area contributed by atoms with Gasteiger partial charge in [-0.1, -0.05) is 0 Å². The van der Waals surface area contributed by atoms with Gasteiger partial charge in [-0.05, 0) is 45.7 Å². The Morgan fingerprint density at radius 2 is 2.28 bits per heavy atom. The second-order valence-electron chi connectivity index (χ2n) is 5.20. The number of nitrogens with one attached hydrogen (secondary N) is 2. The van der Waals surface area contributed by atoms with Crippen molar-refractivity contribution >= 4 is 11.7 Å². The third-order valence-electron chi connectivity index (χ3n) is 3.36. The summed E-state index contributed by atoms with van der Waals surface area (Å²) in [6, 6.07) is 2.11. The molecule has 5 nitrogen and oxygen atoms in total. The van der Waals surface area contributed by atoms with Gasteiger partial charge in [0.05, 0.1) is 6.20 Å². The van der Waals surface area contributed by atoms with E-state index in [0.717, 1.165) is 31.7 Å². The van der Waals surface area contributed by atoms with Crippen LogP contribution in [0.5, 0.6) is 0 Å². The lowest BCUT2D eigenvalue weighted by molar-refractivity contribution is -0.117. The SMILES string of the molecule is CC(C)n1nccc1NC(=O)CC1CCNCC1. The van der Waals surface area contributed by atoms with Crippen LogP contribution >= 0.6 is 0 Å². The molecule has 1 aromatic heterocycles. The fraction of sp³-hybridized carbons (Fsp3) is 0.692. The van der Waals surface area contributed by atoms with Gasteiger partial charge >= 0.3 is 0 Å². The minimum Gasteiger partial charge on any atom is -0.317 e. The molecule has 1 aliphatic rings. The van der Waals surface area contributed by atoms with Crippen LogP contribution in [-0.4, -0.2) is 28.8 Å². The van der Waals surface area contributed by atoms with E-state index in [0.29, 0.717) is 12.3 Å². The zero-order valence-electron chi connectivity index (χ0n) is 11.1. The second-order valence-corrected chi connectivity index (χ2v) is 5.20. The molecule has 1 fully saturated rings. The minimum atomic E-state index is 0.101. The number of nitrogens with zero attached hydrogens (tertiary/aromatic N) is 2. The predicted molar refractivity (Wildman–Crippen MR) is 71.5 cm³/mol. The number of anilines is 1. The van der Waals surface area contributed by atoms with Gasteiger partial charge in [0.1, 0.15) is 5.82 Å². The molecule has 5 heteroatoms. The average Bonchev–Trinajstić information content (AvgIpc) is 2.78. The molecule has 0 aliphatic carbocycles. The first-order valence-corrected chi connectivity index (χ1v) is 6.71. The van der Waals surface area contributed by atoms with Gasteiger partial charge in [0.25, 0.3) is 0 Å². The number of rotatable bonds is 4. The molecule has 0 unspecified atom stereocenters. The Balaban J connectivity index is 1.88. The third kappa shape index (κ3) is 3.32. The van der Waals surface area contributed by atoms with Gasteiger partial charge in [-0.3, -0.25) is 4.79 Å². The van der Waals surface area contributed by atoms with Gasteiger partial charge in [-0.15, -0.1) is 0 Å². The maximum absolute atomic E-state index is 12.0. The predicted octanol–water partition coefficient (Wildman–Crippen LogP) is 1.79. The van der Waals surface area contributed by atoms with E-state index in [1.165, 1.54) is 0 Å². The van der Waals surface area contributed by atoms with E-state index < -0.39 is 0 Å². The van der Waals surface area contributed by atoms with Crippen molar-refractivity contribution in [3.63, 3.8) is 0 Å². The standard InChI is InChI=1S/C13H22N4O/c1-10(2)17-12(5-8-15-17)16-13(18)9-11-3-6-14-7-4-11/h5,8,10-11,14H,3-4,6-7,9H2,1-2H3,(H,16,18). The third-order valence-corrected chi connectivity index (χ3v) is 3.36. The Hall–Kier alpha value is -1.36. The van der Waals surface area contributed by atoms with Crippen LogP contribution in [0.2, 0.25) is 0 Å². The summed E-state index contributed by atoms with van der Waals surface area (Å²) in [5.74, 6) is 1.41. The van der Waals surface area contributed by atoms with Crippen LogP contribution in [0, 0.1) is 5.92 Å². The fourth-order valence-electron chi connectivity index (χ4n) is 2.37. The molecule has 2 heterocycles. The Morgan fingerprint density at radius 3 is 2.94 bits per heavy atom. The number of hydrogen-bond acceptors (Lipinski definition) is 3. The number of aromatic nitrogens is 2. The number of carbonyl (C=O) groups excluding carboxylic acids is 1. The molecule has 100 valence electrons. The summed E-state index contributed by atoms with van der Waals surface area (Å²) in [5, 5.41) is 10.5. The minimum absolute atomic E-state index is 0.101. The molecule has 0 aromatic carbocycles. The molecule has 18 heavy (non-hydrogen) atoms. The lowest BCUT2D eigenvalue weighted by atomic mass is 9.94. The number of carbonyl (C=O) groups is 1. The smallest absolute Gasteiger partial charge is 0.225 e. The molecule has 1 aliphatic heterocycles. The molecule has 1 amide bonds. The van der Waals surface area contributed by atoms with Crippen LogP contribution in [0.3, 0.4) is 0 Å². The van der Waals surface area contributed by atoms with Crippen LogP contribution in [0.4, 0.5) is 5.82 Å². The van der Waals surface area contributed by atoms with Crippen molar-refractivity contribution in [2.45, 2.75) is 39.2 Å². The first-order chi connectivity index (χ1) is 8.66. The van der Waals surface area contributed by atoms with Crippen LogP contribution in [0.25, 0.3) is 0 Å². The molecule has 0 spiro atoms. The molecule has 0 atom stereocenters. The molecular weight excluding hydrogens is 228 g/mol. The Labute approximate surface area is 108 Å². The summed E-state index contributed by atoms with van der Waals surface area (Å²) in [5.41, 5.74) is 0. The monoisotopic (exact) mass is 250 g/mol. The van der Waals surface area contributed by atoms with E-state index in [4.69, 9.17) is 0 Å². The highest BCUT2D eigenvalue weighted by molar-refractivity contribution is 5.90. The maximum atomic E-state index is 12.0. The maximum Gasteiger partial charge on any atom is 0.225 e. The van der Waals surface area contributed by atoms with Crippen molar-refractivity contribution in [1.82, 2.24) is 15.1 Å². The van der Waals surface area contributed by atoms with E-state index >= 15 is 0 Å². The highest BCUT2D eigenvalue weighted by Crippen LogP contribution is 2.18. The molecule has 2 N–H and O–H groups in total. The fourth-order valence-corrected chi connectivity index (χ4v) is 2.37. The first kappa shape index (κ1) is 13.1. The number of piperidine rings is 1. The summed E-state index contributed by atoms with van der Waals surface area (Å²) in [7, 11) is 0. The molecule has 0 radical (unpaired) electrons. The van der Waals surface area contributed by atoms with Crippen molar-refractivity contribution in [2.24, 2.45) is 5.92 Å². The molecule has 1 aromatic rings. The molecule has 0 saturated carbocycles. The van der Waals surface area contributed by atoms with E-state index in [9.17, 15) is 4.79 Å². The summed E-state index contributed by atoms with van der Waals surface area (Å²) in [6.07, 6.45) is 4.53. The summed E-state index contributed by atoms with van der Waals surface area (Å²) in [4.78, 5) is 12.0. The van der Waals surface area contributed by atoms with Crippen molar-refractivity contribution in [1.29, 1.82) is 0 Å². The highest BCUT2D eigenvalue weighted by atomic mass is 16.1. The van der Waals surface area contributed by atoms with E-state index in [1.54, 1.807) is 6.20 Å². The van der Waals surface area contributed by atoms with E-state index in [2.05, 4.69) is 29.6 Å². The topological polar surface area (TPSA) is 59.0 Å². The molecule has 1 saturated heterocycles. The van der Waals surface area contributed by atoms with Crippen molar-refractivity contribution in [2.75, 3.05) is 18.4 Å². The van der Waals surface area contributed by atoms with Gasteiger partial charge in [0.15, 0.2) is 0 Å². The lowest BCUT2D eigenvalue weighted by Gasteiger charge is -2.22. The lowest BCUT2D eigenvalue weighted by Crippen LogP contribution is -2.30. The summed E-state index contributed by atoms with van der Waals surface area (Å²) in [6.45, 7) is 6.16. The number of hydrogen-bond donors (Lipinski definition) is 2. The van der Waals surface area contributed by atoms with Gasteiger partial charge < -0.3 is 10.6 Å². The highest BCUT2D eigenvalue weighted by Gasteiger charge is 2.17. The van der Waals surface area contributed by atoms with E-state index in [1.807, 2.05) is 10.7 Å². The zero-order valence-corrected chi connectivity index (χ0v) is 11.1. The first-order valence-electron chi connectivity index (χ1n) is 6.71. The van der Waals surface area contributed by atoms with Crippen LogP contribution in [-0.2, 0) is 4.79 Å². The van der Waals surface area contributed by atoms with Crippen LogP contribution < -0.4 is 10.6 Å². The van der Waals surface area contributed by atoms with Crippen molar-refractivity contribution < 1.29 is 4.79 Å². The van der Waals surface area contributed by atoms with Crippen LogP contribution in [0.15, 0.2) is 12.3 Å². The van der Waals surface area contributed by atoms with E-state index in [-0.39, 0.29) is 11.9 Å². The van der Waals surface area contributed by atoms with Gasteiger partial charge in [-0.25, -0.2) is 4.68 Å². The Bertz CT molecular complexity index is 393. The second kappa shape index (κ2) is 6.00. The number of amides is 1. The van der Waals surface area contributed by atoms with Crippen molar-refractivity contribution in [3.8, 4) is 0 Å². The quantitative estimate of drug-likeness (QED) is 0.856. The van der Waals surface area contributed by atoms with Crippen LogP contribution in [0.1, 0.15) is 39.2 Å².